The van der Waals surface area contributed by atoms with Crippen molar-refractivity contribution in [1.82, 2.24) is 4.98 Å². The van der Waals surface area contributed by atoms with Crippen LogP contribution in [0.1, 0.15) is 52.0 Å². The Hall–Kier alpha value is -1.68. The van der Waals surface area contributed by atoms with Gasteiger partial charge in [-0.1, -0.05) is 26.0 Å². The SMILES string of the molecule is Cc1cc(C)c(-c2sc(C(C)C)nc2C(=O)O)cc1C. The molecule has 4 heteroatoms. The predicted molar refractivity (Wildman–Crippen MR) is 82.8 cm³/mol. The van der Waals surface area contributed by atoms with Gasteiger partial charge >= 0.3 is 5.97 Å². The largest absolute Gasteiger partial charge is 0.476 e. The van der Waals surface area contributed by atoms with Crippen molar-refractivity contribution in [2.45, 2.75) is 40.5 Å². The first-order chi connectivity index (χ1) is 9.31. The van der Waals surface area contributed by atoms with Crippen LogP contribution in [0.25, 0.3) is 10.4 Å². The second-order valence-electron chi connectivity index (χ2n) is 5.44. The molecule has 0 fully saturated rings. The highest BCUT2D eigenvalue weighted by Gasteiger charge is 2.21. The Bertz CT molecular complexity index is 671. The molecule has 0 spiro atoms. The minimum Gasteiger partial charge on any atom is -0.476 e. The number of rotatable bonds is 3. The van der Waals surface area contributed by atoms with Gasteiger partial charge in [0.05, 0.1) is 9.88 Å². The highest BCUT2D eigenvalue weighted by molar-refractivity contribution is 7.15. The molecule has 2 aromatic rings. The van der Waals surface area contributed by atoms with Gasteiger partial charge in [-0.25, -0.2) is 9.78 Å². The molecule has 2 rings (SSSR count). The van der Waals surface area contributed by atoms with Crippen molar-refractivity contribution < 1.29 is 9.90 Å². The van der Waals surface area contributed by atoms with E-state index in [1.54, 1.807) is 0 Å². The zero-order valence-electron chi connectivity index (χ0n) is 12.4. The Labute approximate surface area is 123 Å². The standard InChI is InChI=1S/C16H19NO2S/c1-8(2)15-17-13(16(18)19)14(20-15)12-7-10(4)9(3)6-11(12)5/h6-8H,1-5H3,(H,18,19). The molecule has 1 aromatic heterocycles. The van der Waals surface area contributed by atoms with Crippen LogP contribution in [-0.2, 0) is 0 Å². The zero-order chi connectivity index (χ0) is 15.0. The molecule has 0 unspecified atom stereocenters. The van der Waals surface area contributed by atoms with Crippen LogP contribution in [0.15, 0.2) is 12.1 Å². The molecule has 0 atom stereocenters. The Balaban J connectivity index is 2.68. The van der Waals surface area contributed by atoms with Gasteiger partial charge in [0.1, 0.15) is 0 Å². The molecule has 0 aliphatic rings. The van der Waals surface area contributed by atoms with Gasteiger partial charge in [-0.3, -0.25) is 0 Å². The normalized spacial score (nSPS) is 11.1. The summed E-state index contributed by atoms with van der Waals surface area (Å²) in [6.45, 7) is 10.2. The topological polar surface area (TPSA) is 50.2 Å². The first-order valence-electron chi connectivity index (χ1n) is 6.63. The number of aryl methyl sites for hydroxylation is 3. The lowest BCUT2D eigenvalue weighted by Crippen LogP contribution is -2.00. The van der Waals surface area contributed by atoms with Crippen molar-refractivity contribution in [1.29, 1.82) is 0 Å². The highest BCUT2D eigenvalue weighted by Crippen LogP contribution is 2.36. The summed E-state index contributed by atoms with van der Waals surface area (Å²) < 4.78 is 0. The fourth-order valence-corrected chi connectivity index (χ4v) is 3.26. The summed E-state index contributed by atoms with van der Waals surface area (Å²) in [4.78, 5) is 16.5. The lowest BCUT2D eigenvalue weighted by Gasteiger charge is -2.08. The average Bonchev–Trinajstić information content (AvgIpc) is 2.78. The molecular formula is C16H19NO2S. The minimum absolute atomic E-state index is 0.171. The molecule has 1 N–H and O–H groups in total. The van der Waals surface area contributed by atoms with Crippen LogP contribution in [0.5, 0.6) is 0 Å². The molecule has 1 heterocycles. The van der Waals surface area contributed by atoms with Crippen molar-refractivity contribution in [2.75, 3.05) is 0 Å². The van der Waals surface area contributed by atoms with E-state index in [-0.39, 0.29) is 11.6 Å². The van der Waals surface area contributed by atoms with Gasteiger partial charge in [0.25, 0.3) is 0 Å². The van der Waals surface area contributed by atoms with E-state index in [1.165, 1.54) is 22.5 Å². The Kier molecular flexibility index (Phi) is 3.95. The third-order valence-electron chi connectivity index (χ3n) is 3.43. The Morgan fingerprint density at radius 2 is 1.75 bits per heavy atom. The molecule has 0 bridgehead atoms. The van der Waals surface area contributed by atoms with Gasteiger partial charge in [0.15, 0.2) is 5.69 Å². The molecule has 0 amide bonds. The van der Waals surface area contributed by atoms with Crippen molar-refractivity contribution in [3.63, 3.8) is 0 Å². The predicted octanol–water partition coefficient (Wildman–Crippen LogP) is 4.56. The van der Waals surface area contributed by atoms with Gasteiger partial charge in [0, 0.05) is 5.92 Å². The van der Waals surface area contributed by atoms with E-state index in [1.807, 2.05) is 27.7 Å². The quantitative estimate of drug-likeness (QED) is 0.901. The number of carbonyl (C=O) groups is 1. The van der Waals surface area contributed by atoms with Crippen molar-refractivity contribution in [2.24, 2.45) is 0 Å². The number of thiazole rings is 1. The third kappa shape index (κ3) is 2.61. The Morgan fingerprint density at radius 3 is 2.30 bits per heavy atom. The van der Waals surface area contributed by atoms with Crippen LogP contribution >= 0.6 is 11.3 Å². The van der Waals surface area contributed by atoms with E-state index in [0.717, 1.165) is 21.0 Å². The molecule has 0 saturated heterocycles. The smallest absolute Gasteiger partial charge is 0.356 e. The maximum Gasteiger partial charge on any atom is 0.356 e. The van der Waals surface area contributed by atoms with Crippen LogP contribution in [0.3, 0.4) is 0 Å². The monoisotopic (exact) mass is 289 g/mol. The van der Waals surface area contributed by atoms with Gasteiger partial charge < -0.3 is 5.11 Å². The van der Waals surface area contributed by atoms with Crippen LogP contribution in [0.4, 0.5) is 0 Å². The molecule has 106 valence electrons. The van der Waals surface area contributed by atoms with Crippen LogP contribution < -0.4 is 0 Å². The maximum absolute atomic E-state index is 11.4. The fraction of sp³-hybridized carbons (Fsp3) is 0.375. The molecule has 20 heavy (non-hydrogen) atoms. The van der Waals surface area contributed by atoms with Crippen molar-refractivity contribution in [3.8, 4) is 10.4 Å². The van der Waals surface area contributed by atoms with Gasteiger partial charge in [-0.05, 0) is 43.0 Å². The number of aromatic nitrogens is 1. The molecule has 3 nitrogen and oxygen atoms in total. The fourth-order valence-electron chi connectivity index (χ4n) is 2.12. The zero-order valence-corrected chi connectivity index (χ0v) is 13.3. The molecular weight excluding hydrogens is 270 g/mol. The van der Waals surface area contributed by atoms with E-state index < -0.39 is 5.97 Å². The van der Waals surface area contributed by atoms with Gasteiger partial charge in [-0.2, -0.15) is 0 Å². The summed E-state index contributed by atoms with van der Waals surface area (Å²) in [5, 5.41) is 10.3. The molecule has 0 saturated carbocycles. The summed E-state index contributed by atoms with van der Waals surface area (Å²) in [5.74, 6) is -0.723. The number of carboxylic acids is 1. The second kappa shape index (κ2) is 5.37. The summed E-state index contributed by atoms with van der Waals surface area (Å²) in [7, 11) is 0. The first-order valence-corrected chi connectivity index (χ1v) is 7.45. The number of benzene rings is 1. The van der Waals surface area contributed by atoms with Gasteiger partial charge in [-0.15, -0.1) is 11.3 Å². The van der Waals surface area contributed by atoms with E-state index >= 15 is 0 Å². The second-order valence-corrected chi connectivity index (χ2v) is 6.47. The van der Waals surface area contributed by atoms with Crippen LogP contribution in [0, 0.1) is 20.8 Å². The van der Waals surface area contributed by atoms with Crippen LogP contribution in [-0.4, -0.2) is 16.1 Å². The summed E-state index contributed by atoms with van der Waals surface area (Å²) in [6.07, 6.45) is 0. The molecule has 0 radical (unpaired) electrons. The summed E-state index contributed by atoms with van der Waals surface area (Å²) in [6, 6.07) is 4.17. The average molecular weight is 289 g/mol. The van der Waals surface area contributed by atoms with Crippen LogP contribution in [0.2, 0.25) is 0 Å². The number of hydrogen-bond donors (Lipinski definition) is 1. The summed E-state index contributed by atoms with van der Waals surface area (Å²) >= 11 is 1.49. The lowest BCUT2D eigenvalue weighted by atomic mass is 9.99. The lowest BCUT2D eigenvalue weighted by molar-refractivity contribution is 0.0692. The van der Waals surface area contributed by atoms with Crippen molar-refractivity contribution in [3.05, 3.63) is 39.5 Å². The van der Waals surface area contributed by atoms with Gasteiger partial charge in [0.2, 0.25) is 0 Å². The van der Waals surface area contributed by atoms with E-state index in [4.69, 9.17) is 0 Å². The third-order valence-corrected chi connectivity index (χ3v) is 4.81. The number of carboxylic acid groups (broad SMARTS) is 1. The summed E-state index contributed by atoms with van der Waals surface area (Å²) in [5.41, 5.74) is 4.63. The highest BCUT2D eigenvalue weighted by atomic mass is 32.1. The van der Waals surface area contributed by atoms with Crippen molar-refractivity contribution >= 4 is 17.3 Å². The minimum atomic E-state index is -0.958. The Morgan fingerprint density at radius 1 is 1.15 bits per heavy atom. The molecule has 1 aromatic carbocycles. The number of nitrogens with zero attached hydrogens (tertiary/aromatic N) is 1. The maximum atomic E-state index is 11.4. The number of hydrogen-bond acceptors (Lipinski definition) is 3. The molecule has 0 aliphatic heterocycles. The molecule has 0 aliphatic carbocycles. The van der Waals surface area contributed by atoms with E-state index in [9.17, 15) is 9.90 Å². The van der Waals surface area contributed by atoms with E-state index in [2.05, 4.69) is 24.0 Å². The first kappa shape index (κ1) is 14.7. The van der Waals surface area contributed by atoms with E-state index in [0.29, 0.717) is 0 Å². The number of aromatic carboxylic acids is 1.